The number of para-hydroxylation sites is 1. The molecule has 7 nitrogen and oxygen atoms in total. The van der Waals surface area contributed by atoms with E-state index in [2.05, 4.69) is 17.6 Å². The van der Waals surface area contributed by atoms with Crippen molar-refractivity contribution in [3.8, 4) is 0 Å². The van der Waals surface area contributed by atoms with E-state index in [4.69, 9.17) is 0 Å². The lowest BCUT2D eigenvalue weighted by Gasteiger charge is -2.37. The number of hydrogen-bond acceptors (Lipinski definition) is 5. The van der Waals surface area contributed by atoms with E-state index in [1.165, 1.54) is 0 Å². The molecule has 3 unspecified atom stereocenters. The Morgan fingerprint density at radius 1 is 1.11 bits per heavy atom. The molecule has 37 heavy (non-hydrogen) atoms. The zero-order valence-electron chi connectivity index (χ0n) is 21.3. The van der Waals surface area contributed by atoms with E-state index in [0.717, 1.165) is 24.8 Å². The van der Waals surface area contributed by atoms with Crippen LogP contribution in [0.3, 0.4) is 0 Å². The standard InChI is InChI=1S/C29H35N3O4S/c1-3-10-18(2)30-27(35)25-29-16-15-22(37-29)23(26(34)31-20-13-8-5-9-14-20)24(29)28(36)32(25)21(17-33)19-11-6-4-7-12-19/h4-9,11-14,18,21-25,33H,3,10,15-17H2,1-2H3,(H,30,35)(H,31,34)/t18?,21-,22+,23-,24+,25?,29?/m1/s1. The third-order valence-electron chi connectivity index (χ3n) is 8.13. The summed E-state index contributed by atoms with van der Waals surface area (Å²) in [7, 11) is 0. The molecular formula is C29H35N3O4S. The van der Waals surface area contributed by atoms with Crippen molar-refractivity contribution in [1.29, 1.82) is 0 Å². The second kappa shape index (κ2) is 10.5. The zero-order valence-corrected chi connectivity index (χ0v) is 22.1. The van der Waals surface area contributed by atoms with E-state index in [9.17, 15) is 19.5 Å². The van der Waals surface area contributed by atoms with Crippen molar-refractivity contribution < 1.29 is 19.5 Å². The maximum absolute atomic E-state index is 14.3. The van der Waals surface area contributed by atoms with Gasteiger partial charge in [0.15, 0.2) is 0 Å². The second-order valence-corrected chi connectivity index (χ2v) is 12.1. The highest BCUT2D eigenvalue weighted by molar-refractivity contribution is 8.02. The van der Waals surface area contributed by atoms with Gasteiger partial charge in [-0.2, -0.15) is 0 Å². The molecule has 3 amide bonds. The molecule has 5 rings (SSSR count). The Kier molecular flexibility index (Phi) is 7.32. The monoisotopic (exact) mass is 521 g/mol. The van der Waals surface area contributed by atoms with Crippen molar-refractivity contribution in [3.05, 3.63) is 66.2 Å². The highest BCUT2D eigenvalue weighted by atomic mass is 32.2. The van der Waals surface area contributed by atoms with Crippen LogP contribution in [0.2, 0.25) is 0 Å². The third-order valence-corrected chi connectivity index (χ3v) is 10.1. The van der Waals surface area contributed by atoms with Crippen LogP contribution in [0, 0.1) is 11.8 Å². The molecule has 0 saturated carbocycles. The van der Waals surface area contributed by atoms with Crippen LogP contribution in [0.5, 0.6) is 0 Å². The summed E-state index contributed by atoms with van der Waals surface area (Å²) in [5.41, 5.74) is 1.47. The third kappa shape index (κ3) is 4.44. The summed E-state index contributed by atoms with van der Waals surface area (Å²) in [6.45, 7) is 3.75. The Balaban J connectivity index is 1.53. The van der Waals surface area contributed by atoms with Crippen molar-refractivity contribution in [2.45, 2.75) is 67.7 Å². The highest BCUT2D eigenvalue weighted by Gasteiger charge is 2.74. The molecule has 196 valence electrons. The lowest BCUT2D eigenvalue weighted by Crippen LogP contribution is -2.56. The lowest BCUT2D eigenvalue weighted by molar-refractivity contribution is -0.142. The smallest absolute Gasteiger partial charge is 0.244 e. The first kappa shape index (κ1) is 25.8. The molecule has 1 spiro atoms. The second-order valence-electron chi connectivity index (χ2n) is 10.5. The number of rotatable bonds is 9. The number of nitrogens with one attached hydrogen (secondary N) is 2. The predicted molar refractivity (Wildman–Crippen MR) is 145 cm³/mol. The van der Waals surface area contributed by atoms with Gasteiger partial charge >= 0.3 is 0 Å². The summed E-state index contributed by atoms with van der Waals surface area (Å²) < 4.78 is -0.696. The molecule has 3 N–H and O–H groups in total. The van der Waals surface area contributed by atoms with Gasteiger partial charge in [-0.3, -0.25) is 14.4 Å². The number of aliphatic hydroxyl groups is 1. The fourth-order valence-corrected chi connectivity index (χ4v) is 8.84. The Morgan fingerprint density at radius 2 is 1.78 bits per heavy atom. The maximum atomic E-state index is 14.3. The fraction of sp³-hybridized carbons (Fsp3) is 0.483. The number of likely N-dealkylation sites (tertiary alicyclic amines) is 1. The van der Waals surface area contributed by atoms with Crippen LogP contribution < -0.4 is 10.6 Å². The van der Waals surface area contributed by atoms with Gasteiger partial charge in [-0.15, -0.1) is 11.8 Å². The Bertz CT molecular complexity index is 1150. The molecule has 3 aliphatic heterocycles. The average molecular weight is 522 g/mol. The van der Waals surface area contributed by atoms with Gasteiger partial charge in [0.1, 0.15) is 6.04 Å². The number of benzene rings is 2. The minimum Gasteiger partial charge on any atom is -0.394 e. The number of fused-ring (bicyclic) bond motifs is 1. The Hall–Kier alpha value is -2.84. The normalized spacial score (nSPS) is 29.6. The maximum Gasteiger partial charge on any atom is 0.244 e. The van der Waals surface area contributed by atoms with Gasteiger partial charge < -0.3 is 20.6 Å². The summed E-state index contributed by atoms with van der Waals surface area (Å²) in [5.74, 6) is -1.73. The van der Waals surface area contributed by atoms with Crippen LogP contribution in [0.15, 0.2) is 60.7 Å². The topological polar surface area (TPSA) is 98.7 Å². The number of amides is 3. The van der Waals surface area contributed by atoms with Gasteiger partial charge in [-0.05, 0) is 43.9 Å². The molecule has 3 saturated heterocycles. The highest BCUT2D eigenvalue weighted by Crippen LogP contribution is 2.67. The number of thioether (sulfide) groups is 1. The van der Waals surface area contributed by atoms with Gasteiger partial charge in [-0.1, -0.05) is 61.9 Å². The van der Waals surface area contributed by atoms with Crippen molar-refractivity contribution >= 4 is 35.2 Å². The van der Waals surface area contributed by atoms with E-state index in [0.29, 0.717) is 12.1 Å². The molecule has 0 radical (unpaired) electrons. The molecule has 2 aromatic rings. The summed E-state index contributed by atoms with van der Waals surface area (Å²) >= 11 is 1.64. The van der Waals surface area contributed by atoms with Crippen LogP contribution in [0.25, 0.3) is 0 Å². The molecule has 7 atom stereocenters. The van der Waals surface area contributed by atoms with Crippen LogP contribution in [-0.2, 0) is 14.4 Å². The van der Waals surface area contributed by atoms with E-state index in [1.807, 2.05) is 67.6 Å². The van der Waals surface area contributed by atoms with E-state index >= 15 is 0 Å². The first-order chi connectivity index (χ1) is 17.9. The molecular weight excluding hydrogens is 486 g/mol. The van der Waals surface area contributed by atoms with Gasteiger partial charge in [0, 0.05) is 17.0 Å². The zero-order chi connectivity index (χ0) is 26.2. The number of nitrogens with zero attached hydrogens (tertiary/aromatic N) is 1. The number of hydrogen-bond donors (Lipinski definition) is 3. The Labute approximate surface area is 222 Å². The molecule has 8 heteroatoms. The molecule has 2 bridgehead atoms. The first-order valence-electron chi connectivity index (χ1n) is 13.2. The number of carbonyl (C=O) groups excluding carboxylic acids is 3. The van der Waals surface area contributed by atoms with Crippen molar-refractivity contribution in [2.24, 2.45) is 11.8 Å². The molecule has 3 aliphatic rings. The van der Waals surface area contributed by atoms with Crippen LogP contribution in [-0.4, -0.2) is 56.4 Å². The summed E-state index contributed by atoms with van der Waals surface area (Å²) in [6.07, 6.45) is 3.24. The quantitative estimate of drug-likeness (QED) is 0.467. The summed E-state index contributed by atoms with van der Waals surface area (Å²) in [5, 5.41) is 16.6. The first-order valence-corrected chi connectivity index (χ1v) is 14.1. The van der Waals surface area contributed by atoms with Crippen LogP contribution in [0.1, 0.15) is 51.1 Å². The predicted octanol–water partition coefficient (Wildman–Crippen LogP) is 3.75. The fourth-order valence-electron chi connectivity index (χ4n) is 6.63. The Morgan fingerprint density at radius 3 is 2.43 bits per heavy atom. The number of carbonyl (C=O) groups is 3. The largest absolute Gasteiger partial charge is 0.394 e. The molecule has 0 aromatic heterocycles. The van der Waals surface area contributed by atoms with E-state index in [-0.39, 0.29) is 35.6 Å². The van der Waals surface area contributed by atoms with E-state index < -0.39 is 28.7 Å². The molecule has 3 fully saturated rings. The molecule has 0 aliphatic carbocycles. The minimum absolute atomic E-state index is 0.0209. The van der Waals surface area contributed by atoms with E-state index in [1.54, 1.807) is 16.7 Å². The van der Waals surface area contributed by atoms with Gasteiger partial charge in [0.05, 0.1) is 29.2 Å². The molecule has 3 heterocycles. The van der Waals surface area contributed by atoms with Crippen molar-refractivity contribution in [2.75, 3.05) is 11.9 Å². The van der Waals surface area contributed by atoms with Gasteiger partial charge in [0.25, 0.3) is 0 Å². The van der Waals surface area contributed by atoms with Crippen LogP contribution >= 0.6 is 11.8 Å². The number of anilines is 1. The summed E-state index contributed by atoms with van der Waals surface area (Å²) in [6, 6.07) is 17.2. The lowest BCUT2D eigenvalue weighted by atomic mass is 9.70. The van der Waals surface area contributed by atoms with Crippen molar-refractivity contribution in [3.63, 3.8) is 0 Å². The molecule has 2 aromatic carbocycles. The van der Waals surface area contributed by atoms with Crippen molar-refractivity contribution in [1.82, 2.24) is 10.2 Å². The number of aliphatic hydroxyl groups excluding tert-OH is 1. The van der Waals surface area contributed by atoms with Gasteiger partial charge in [-0.25, -0.2) is 0 Å². The SMILES string of the molecule is CCCC(C)NC(=O)C1N([C@H](CO)c2ccccc2)C(=O)[C@@H]2[C@H](C(=O)Nc3ccccc3)[C@@H]3CCC12S3. The minimum atomic E-state index is -0.758. The summed E-state index contributed by atoms with van der Waals surface area (Å²) in [4.78, 5) is 43.4. The average Bonchev–Trinajstić information content (AvgIpc) is 3.54. The van der Waals surface area contributed by atoms with Crippen LogP contribution in [0.4, 0.5) is 5.69 Å². The van der Waals surface area contributed by atoms with Gasteiger partial charge in [0.2, 0.25) is 17.7 Å².